The molecule has 1 saturated heterocycles. The molecule has 2 atom stereocenters. The van der Waals surface area contributed by atoms with Crippen molar-refractivity contribution in [2.45, 2.75) is 57.9 Å². The van der Waals surface area contributed by atoms with E-state index in [0.717, 1.165) is 12.5 Å². The molecule has 0 spiro atoms. The van der Waals surface area contributed by atoms with Gasteiger partial charge in [-0.05, 0) is 31.7 Å². The van der Waals surface area contributed by atoms with Crippen LogP contribution in [0.1, 0.15) is 57.6 Å². The van der Waals surface area contributed by atoms with Crippen molar-refractivity contribution < 1.29 is 0 Å². The van der Waals surface area contributed by atoms with E-state index in [1.807, 2.05) is 6.20 Å². The first-order valence-corrected chi connectivity index (χ1v) is 7.06. The first-order chi connectivity index (χ1) is 8.35. The third-order valence-corrected chi connectivity index (χ3v) is 4.31. The third kappa shape index (κ3) is 3.09. The minimum Gasteiger partial charge on any atom is -0.348 e. The van der Waals surface area contributed by atoms with Crippen LogP contribution in [0.15, 0.2) is 12.5 Å². The van der Waals surface area contributed by atoms with E-state index in [4.69, 9.17) is 0 Å². The number of rotatable bonds is 6. The summed E-state index contributed by atoms with van der Waals surface area (Å²) in [6, 6.07) is 0.649. The number of hydrogen-bond donors (Lipinski definition) is 2. The minimum absolute atomic E-state index is 0.645. The van der Waals surface area contributed by atoms with Crippen LogP contribution in [-0.4, -0.2) is 22.6 Å². The van der Waals surface area contributed by atoms with Crippen LogP contribution < -0.4 is 5.32 Å². The van der Waals surface area contributed by atoms with Gasteiger partial charge in [0.05, 0.1) is 6.33 Å². The molecule has 2 heterocycles. The Balaban J connectivity index is 1.87. The Kier molecular flexibility index (Phi) is 4.60. The second kappa shape index (κ2) is 6.20. The van der Waals surface area contributed by atoms with Crippen LogP contribution >= 0.6 is 0 Å². The molecule has 17 heavy (non-hydrogen) atoms. The number of aromatic amines is 1. The van der Waals surface area contributed by atoms with Crippen molar-refractivity contribution in [1.82, 2.24) is 15.3 Å². The summed E-state index contributed by atoms with van der Waals surface area (Å²) in [5.41, 5.74) is 1.31. The minimum atomic E-state index is 0.645. The van der Waals surface area contributed by atoms with Gasteiger partial charge in [-0.15, -0.1) is 0 Å². The van der Waals surface area contributed by atoms with Crippen molar-refractivity contribution in [2.75, 3.05) is 6.54 Å². The largest absolute Gasteiger partial charge is 0.348 e. The second-order valence-electron chi connectivity index (χ2n) is 5.22. The van der Waals surface area contributed by atoms with Crippen LogP contribution in [0.25, 0.3) is 0 Å². The zero-order valence-corrected chi connectivity index (χ0v) is 11.1. The highest BCUT2D eigenvalue weighted by atomic mass is 15.0. The Morgan fingerprint density at radius 1 is 1.41 bits per heavy atom. The predicted molar refractivity (Wildman–Crippen MR) is 71.0 cm³/mol. The summed E-state index contributed by atoms with van der Waals surface area (Å²) in [4.78, 5) is 7.42. The molecule has 0 aromatic carbocycles. The summed E-state index contributed by atoms with van der Waals surface area (Å²) in [7, 11) is 0. The smallest absolute Gasteiger partial charge is 0.0921 e. The molecule has 0 aliphatic carbocycles. The van der Waals surface area contributed by atoms with Gasteiger partial charge in [0.15, 0.2) is 0 Å². The van der Waals surface area contributed by atoms with E-state index in [0.29, 0.717) is 12.0 Å². The van der Waals surface area contributed by atoms with E-state index in [-0.39, 0.29) is 0 Å². The summed E-state index contributed by atoms with van der Waals surface area (Å²) in [6.45, 7) is 5.77. The van der Waals surface area contributed by atoms with Crippen molar-refractivity contribution in [3.8, 4) is 0 Å². The SMILES string of the molecule is CCC(CC)CCC1NCC[C@H]1c1cnc[nH]1. The number of hydrogen-bond acceptors (Lipinski definition) is 2. The van der Waals surface area contributed by atoms with Crippen molar-refractivity contribution in [3.05, 3.63) is 18.2 Å². The topological polar surface area (TPSA) is 40.7 Å². The third-order valence-electron chi connectivity index (χ3n) is 4.31. The quantitative estimate of drug-likeness (QED) is 0.795. The number of aromatic nitrogens is 2. The molecular weight excluding hydrogens is 210 g/mol. The molecule has 1 fully saturated rings. The van der Waals surface area contributed by atoms with Gasteiger partial charge >= 0.3 is 0 Å². The molecule has 1 aromatic heterocycles. The molecule has 1 unspecified atom stereocenters. The number of nitrogens with zero attached hydrogens (tertiary/aromatic N) is 1. The predicted octanol–water partition coefficient (Wildman–Crippen LogP) is 3.07. The van der Waals surface area contributed by atoms with Crippen molar-refractivity contribution in [1.29, 1.82) is 0 Å². The lowest BCUT2D eigenvalue weighted by atomic mass is 9.89. The molecule has 3 nitrogen and oxygen atoms in total. The zero-order chi connectivity index (χ0) is 12.1. The normalized spacial score (nSPS) is 24.6. The summed E-state index contributed by atoms with van der Waals surface area (Å²) >= 11 is 0. The molecule has 0 radical (unpaired) electrons. The standard InChI is InChI=1S/C14H25N3/c1-3-11(4-2)5-6-13-12(7-8-16-13)14-9-15-10-17-14/h9-13,16H,3-8H2,1-2H3,(H,15,17)/t12-,13?/m1/s1. The maximum atomic E-state index is 4.15. The number of H-pyrrole nitrogens is 1. The van der Waals surface area contributed by atoms with E-state index in [1.54, 1.807) is 6.33 Å². The monoisotopic (exact) mass is 235 g/mol. The molecule has 0 saturated carbocycles. The molecule has 1 aliphatic rings. The highest BCUT2D eigenvalue weighted by Crippen LogP contribution is 2.30. The lowest BCUT2D eigenvalue weighted by Gasteiger charge is -2.21. The fourth-order valence-electron chi connectivity index (χ4n) is 3.02. The number of imidazole rings is 1. The van der Waals surface area contributed by atoms with Crippen LogP contribution in [0.3, 0.4) is 0 Å². The number of nitrogens with one attached hydrogen (secondary N) is 2. The zero-order valence-electron chi connectivity index (χ0n) is 11.1. The molecule has 2 rings (SSSR count). The van der Waals surface area contributed by atoms with Crippen LogP contribution in [-0.2, 0) is 0 Å². The summed E-state index contributed by atoms with van der Waals surface area (Å²) < 4.78 is 0. The highest BCUT2D eigenvalue weighted by molar-refractivity contribution is 5.10. The maximum absolute atomic E-state index is 4.15. The Morgan fingerprint density at radius 2 is 2.24 bits per heavy atom. The van der Waals surface area contributed by atoms with Gasteiger partial charge in [0.1, 0.15) is 0 Å². The van der Waals surface area contributed by atoms with Crippen LogP contribution in [0.4, 0.5) is 0 Å². The molecule has 1 aliphatic heterocycles. The van der Waals surface area contributed by atoms with Gasteiger partial charge in [0.25, 0.3) is 0 Å². The molecule has 2 N–H and O–H groups in total. The van der Waals surface area contributed by atoms with Crippen LogP contribution in [0, 0.1) is 5.92 Å². The lowest BCUT2D eigenvalue weighted by Crippen LogP contribution is -2.26. The van der Waals surface area contributed by atoms with Gasteiger partial charge in [0, 0.05) is 23.9 Å². The van der Waals surface area contributed by atoms with Gasteiger partial charge in [-0.25, -0.2) is 4.98 Å². The van der Waals surface area contributed by atoms with Gasteiger partial charge in [-0.3, -0.25) is 0 Å². The van der Waals surface area contributed by atoms with Gasteiger partial charge < -0.3 is 10.3 Å². The first-order valence-electron chi connectivity index (χ1n) is 7.06. The summed E-state index contributed by atoms with van der Waals surface area (Å²) in [6.07, 6.45) is 10.3. The highest BCUT2D eigenvalue weighted by Gasteiger charge is 2.29. The van der Waals surface area contributed by atoms with E-state index in [1.165, 1.54) is 37.8 Å². The Hall–Kier alpha value is -0.830. The Bertz CT molecular complexity index is 303. The first kappa shape index (κ1) is 12.6. The maximum Gasteiger partial charge on any atom is 0.0921 e. The van der Waals surface area contributed by atoms with E-state index in [9.17, 15) is 0 Å². The summed E-state index contributed by atoms with van der Waals surface area (Å²) in [5, 5.41) is 3.65. The van der Waals surface area contributed by atoms with Crippen molar-refractivity contribution in [3.63, 3.8) is 0 Å². The Morgan fingerprint density at radius 3 is 2.88 bits per heavy atom. The molecule has 0 amide bonds. The van der Waals surface area contributed by atoms with Crippen LogP contribution in [0.5, 0.6) is 0 Å². The molecule has 1 aromatic rings. The van der Waals surface area contributed by atoms with E-state index < -0.39 is 0 Å². The molecule has 0 bridgehead atoms. The fraction of sp³-hybridized carbons (Fsp3) is 0.786. The average molecular weight is 235 g/mol. The lowest BCUT2D eigenvalue weighted by molar-refractivity contribution is 0.389. The second-order valence-corrected chi connectivity index (χ2v) is 5.22. The van der Waals surface area contributed by atoms with Crippen LogP contribution in [0.2, 0.25) is 0 Å². The molecular formula is C14H25N3. The van der Waals surface area contributed by atoms with Gasteiger partial charge in [-0.2, -0.15) is 0 Å². The van der Waals surface area contributed by atoms with E-state index >= 15 is 0 Å². The average Bonchev–Trinajstić information content (AvgIpc) is 3.00. The Labute approximate surface area is 104 Å². The molecule has 96 valence electrons. The van der Waals surface area contributed by atoms with E-state index in [2.05, 4.69) is 29.1 Å². The fourth-order valence-corrected chi connectivity index (χ4v) is 3.02. The van der Waals surface area contributed by atoms with Crippen molar-refractivity contribution in [2.24, 2.45) is 5.92 Å². The van der Waals surface area contributed by atoms with Gasteiger partial charge in [-0.1, -0.05) is 26.7 Å². The van der Waals surface area contributed by atoms with Crippen molar-refractivity contribution >= 4 is 0 Å². The molecule has 3 heteroatoms. The van der Waals surface area contributed by atoms with Gasteiger partial charge in [0.2, 0.25) is 0 Å². The summed E-state index contributed by atoms with van der Waals surface area (Å²) in [5.74, 6) is 1.55.